The molecular formula is C30H39N3O7. The van der Waals surface area contributed by atoms with E-state index in [1.165, 1.54) is 4.90 Å². The van der Waals surface area contributed by atoms with Gasteiger partial charge in [0.1, 0.15) is 30.4 Å². The quantitative estimate of drug-likeness (QED) is 0.383. The molecule has 10 heteroatoms. The number of carbonyl (C=O) groups is 4. The van der Waals surface area contributed by atoms with Crippen LogP contribution in [0.4, 0.5) is 9.59 Å². The second-order valence-corrected chi connectivity index (χ2v) is 11.6. The lowest BCUT2D eigenvalue weighted by atomic mass is 10.00. The lowest BCUT2D eigenvalue weighted by molar-refractivity contribution is -0.164. The number of benzene rings is 2. The van der Waals surface area contributed by atoms with Crippen LogP contribution in [0.2, 0.25) is 0 Å². The van der Waals surface area contributed by atoms with Gasteiger partial charge in [-0.3, -0.25) is 4.79 Å². The third-order valence-electron chi connectivity index (χ3n) is 5.90. The lowest BCUT2D eigenvalue weighted by Gasteiger charge is -2.32. The molecule has 0 bridgehead atoms. The molecule has 1 saturated heterocycles. The molecule has 0 aliphatic carbocycles. The molecule has 1 aliphatic heterocycles. The number of amides is 3. The summed E-state index contributed by atoms with van der Waals surface area (Å²) in [7, 11) is 0. The summed E-state index contributed by atoms with van der Waals surface area (Å²) in [5.74, 6) is -1.14. The van der Waals surface area contributed by atoms with Gasteiger partial charge in [0.05, 0.1) is 12.1 Å². The molecule has 216 valence electrons. The van der Waals surface area contributed by atoms with E-state index >= 15 is 0 Å². The Balaban J connectivity index is 1.87. The molecule has 1 fully saturated rings. The fourth-order valence-corrected chi connectivity index (χ4v) is 4.43. The summed E-state index contributed by atoms with van der Waals surface area (Å²) in [6, 6.07) is 15.9. The summed E-state index contributed by atoms with van der Waals surface area (Å²) in [6.45, 7) is 10.0. The Hall–Kier alpha value is -4.08. The van der Waals surface area contributed by atoms with E-state index in [2.05, 4.69) is 10.6 Å². The largest absolute Gasteiger partial charge is 0.458 e. The van der Waals surface area contributed by atoms with Crippen molar-refractivity contribution in [2.45, 2.75) is 83.9 Å². The first kappa shape index (κ1) is 30.5. The van der Waals surface area contributed by atoms with Crippen molar-refractivity contribution >= 4 is 24.1 Å². The van der Waals surface area contributed by atoms with E-state index in [4.69, 9.17) is 14.2 Å². The minimum atomic E-state index is -1.02. The van der Waals surface area contributed by atoms with E-state index in [9.17, 15) is 19.2 Å². The van der Waals surface area contributed by atoms with Crippen LogP contribution in [0.15, 0.2) is 60.7 Å². The molecule has 3 amide bonds. The molecule has 0 aromatic heterocycles. The molecule has 2 aromatic carbocycles. The van der Waals surface area contributed by atoms with Gasteiger partial charge in [-0.15, -0.1) is 0 Å². The summed E-state index contributed by atoms with van der Waals surface area (Å²) >= 11 is 0. The Kier molecular flexibility index (Phi) is 9.78. The summed E-state index contributed by atoms with van der Waals surface area (Å²) in [5, 5.41) is 5.32. The zero-order valence-corrected chi connectivity index (χ0v) is 23.9. The third-order valence-corrected chi connectivity index (χ3v) is 5.90. The van der Waals surface area contributed by atoms with Gasteiger partial charge in [0, 0.05) is 6.42 Å². The Morgan fingerprint density at radius 3 is 1.98 bits per heavy atom. The molecule has 3 unspecified atom stereocenters. The van der Waals surface area contributed by atoms with Gasteiger partial charge < -0.3 is 29.7 Å². The summed E-state index contributed by atoms with van der Waals surface area (Å²) < 4.78 is 16.3. The van der Waals surface area contributed by atoms with E-state index in [0.717, 1.165) is 5.56 Å². The second-order valence-electron chi connectivity index (χ2n) is 11.6. The number of hydrogen-bond acceptors (Lipinski definition) is 7. The fourth-order valence-electron chi connectivity index (χ4n) is 4.43. The molecule has 3 atom stereocenters. The van der Waals surface area contributed by atoms with Crippen molar-refractivity contribution in [1.82, 2.24) is 15.5 Å². The molecule has 0 radical (unpaired) electrons. The molecule has 1 aliphatic rings. The van der Waals surface area contributed by atoms with Crippen molar-refractivity contribution < 1.29 is 33.4 Å². The number of nitrogens with zero attached hydrogens (tertiary/aromatic N) is 1. The normalized spacial score (nSPS) is 18.9. The molecule has 1 heterocycles. The monoisotopic (exact) mass is 553 g/mol. The number of likely N-dealkylation sites (tertiary alicyclic amines) is 1. The van der Waals surface area contributed by atoms with Crippen LogP contribution < -0.4 is 10.6 Å². The summed E-state index contributed by atoms with van der Waals surface area (Å²) in [6.07, 6.45) is -1.35. The number of carbonyl (C=O) groups excluding carboxylic acids is 4. The first-order valence-corrected chi connectivity index (χ1v) is 13.3. The van der Waals surface area contributed by atoms with Gasteiger partial charge in [-0.05, 0) is 52.7 Å². The van der Waals surface area contributed by atoms with Gasteiger partial charge in [0.25, 0.3) is 0 Å². The summed E-state index contributed by atoms with van der Waals surface area (Å²) in [4.78, 5) is 53.5. The van der Waals surface area contributed by atoms with E-state index in [-0.39, 0.29) is 13.0 Å². The first-order valence-electron chi connectivity index (χ1n) is 13.3. The highest BCUT2D eigenvalue weighted by atomic mass is 16.6. The van der Waals surface area contributed by atoms with Gasteiger partial charge in [-0.1, -0.05) is 60.7 Å². The Morgan fingerprint density at radius 2 is 1.40 bits per heavy atom. The number of rotatable bonds is 7. The Bertz CT molecular complexity index is 1170. The number of ether oxygens (including phenoxy) is 3. The van der Waals surface area contributed by atoms with Crippen molar-refractivity contribution in [2.75, 3.05) is 6.54 Å². The number of nitrogens with one attached hydrogen (secondary N) is 2. The minimum Gasteiger partial charge on any atom is -0.458 e. The third kappa shape index (κ3) is 9.00. The zero-order chi connectivity index (χ0) is 29.5. The lowest BCUT2D eigenvalue weighted by Crippen LogP contribution is -2.49. The van der Waals surface area contributed by atoms with Crippen LogP contribution in [0.5, 0.6) is 0 Å². The van der Waals surface area contributed by atoms with Crippen molar-refractivity contribution in [1.29, 1.82) is 0 Å². The van der Waals surface area contributed by atoms with Crippen molar-refractivity contribution in [3.63, 3.8) is 0 Å². The molecule has 10 nitrogen and oxygen atoms in total. The average Bonchev–Trinajstić information content (AvgIpc) is 3.24. The van der Waals surface area contributed by atoms with Gasteiger partial charge in [-0.2, -0.15) is 0 Å². The van der Waals surface area contributed by atoms with E-state index in [1.807, 2.05) is 60.7 Å². The Labute approximate surface area is 235 Å². The number of alkyl carbamates (subject to hydrolysis) is 2. The van der Waals surface area contributed by atoms with Crippen molar-refractivity contribution in [3.05, 3.63) is 71.8 Å². The maximum Gasteiger partial charge on any atom is 0.408 e. The highest BCUT2D eigenvalue weighted by molar-refractivity contribution is 5.89. The van der Waals surface area contributed by atoms with Crippen LogP contribution in [0.3, 0.4) is 0 Å². The predicted octanol–water partition coefficient (Wildman–Crippen LogP) is 4.49. The average molecular weight is 554 g/mol. The van der Waals surface area contributed by atoms with Crippen molar-refractivity contribution in [3.8, 4) is 0 Å². The maximum atomic E-state index is 13.6. The molecule has 3 rings (SSSR count). The SMILES string of the molecule is CC(C)(C)OC(=O)NCC(=O)N1C(C(=O)OC(C)(C)C)CC(NC(=O)OCc2ccccc2)C1c1ccccc1. The van der Waals surface area contributed by atoms with Crippen LogP contribution in [-0.4, -0.2) is 58.8 Å². The van der Waals surface area contributed by atoms with E-state index in [0.29, 0.717) is 5.56 Å². The summed E-state index contributed by atoms with van der Waals surface area (Å²) in [5.41, 5.74) is -0.0300. The first-order chi connectivity index (χ1) is 18.7. The van der Waals surface area contributed by atoms with Gasteiger partial charge in [0.15, 0.2) is 0 Å². The van der Waals surface area contributed by atoms with E-state index < -0.39 is 59.9 Å². The van der Waals surface area contributed by atoms with Crippen LogP contribution in [0, 0.1) is 0 Å². The topological polar surface area (TPSA) is 123 Å². The van der Waals surface area contributed by atoms with Gasteiger partial charge in [0.2, 0.25) is 5.91 Å². The van der Waals surface area contributed by atoms with Gasteiger partial charge in [-0.25, -0.2) is 14.4 Å². The van der Waals surface area contributed by atoms with Crippen LogP contribution >= 0.6 is 0 Å². The predicted molar refractivity (Wildman–Crippen MR) is 148 cm³/mol. The number of esters is 1. The molecular weight excluding hydrogens is 514 g/mol. The molecule has 0 spiro atoms. The van der Waals surface area contributed by atoms with Crippen LogP contribution in [-0.2, 0) is 30.4 Å². The molecule has 2 N–H and O–H groups in total. The number of hydrogen-bond donors (Lipinski definition) is 2. The zero-order valence-electron chi connectivity index (χ0n) is 23.9. The molecule has 2 aromatic rings. The second kappa shape index (κ2) is 12.8. The fraction of sp³-hybridized carbons (Fsp3) is 0.467. The van der Waals surface area contributed by atoms with Crippen molar-refractivity contribution in [2.24, 2.45) is 0 Å². The van der Waals surface area contributed by atoms with E-state index in [1.54, 1.807) is 41.5 Å². The van der Waals surface area contributed by atoms with Gasteiger partial charge >= 0.3 is 18.2 Å². The maximum absolute atomic E-state index is 13.6. The standard InChI is InChI=1S/C30H39N3O7/c1-29(2,3)39-26(35)23-17-22(32-28(37)38-19-20-13-9-7-10-14-20)25(21-15-11-8-12-16-21)33(23)24(34)18-31-27(36)40-30(4,5)6/h7-16,22-23,25H,17-19H2,1-6H3,(H,31,36)(H,32,37). The Morgan fingerprint density at radius 1 is 0.825 bits per heavy atom. The smallest absolute Gasteiger partial charge is 0.408 e. The highest BCUT2D eigenvalue weighted by Crippen LogP contribution is 2.38. The van der Waals surface area contributed by atoms with Crippen LogP contribution in [0.1, 0.15) is 65.1 Å². The molecule has 40 heavy (non-hydrogen) atoms. The minimum absolute atomic E-state index is 0.0628. The molecule has 0 saturated carbocycles. The highest BCUT2D eigenvalue weighted by Gasteiger charge is 2.49. The van der Waals surface area contributed by atoms with Crippen LogP contribution in [0.25, 0.3) is 0 Å².